The van der Waals surface area contributed by atoms with E-state index >= 15 is 0 Å². The van der Waals surface area contributed by atoms with E-state index in [-0.39, 0.29) is 31.3 Å². The molecule has 6 nitrogen and oxygen atoms in total. The molecule has 1 aliphatic carbocycles. The Hall–Kier alpha value is -3.75. The highest BCUT2D eigenvalue weighted by Gasteiger charge is 2.35. The molecule has 9 heteroatoms. The van der Waals surface area contributed by atoms with Crippen LogP contribution in [-0.2, 0) is 35.3 Å². The molecule has 1 amide bonds. The maximum atomic E-state index is 13.6. The molecule has 1 N–H and O–H groups in total. The number of rotatable bonds is 8. The first-order chi connectivity index (χ1) is 16.6. The van der Waals surface area contributed by atoms with Crippen molar-refractivity contribution in [3.63, 3.8) is 0 Å². The molecule has 1 saturated carbocycles. The van der Waals surface area contributed by atoms with Crippen molar-refractivity contribution in [1.29, 1.82) is 0 Å². The van der Waals surface area contributed by atoms with Gasteiger partial charge < -0.3 is 10.0 Å². The number of pyridine rings is 2. The van der Waals surface area contributed by atoms with E-state index in [1.165, 1.54) is 18.5 Å². The van der Waals surface area contributed by atoms with Crippen molar-refractivity contribution < 1.29 is 27.9 Å². The monoisotopic (exact) mass is 483 g/mol. The topological polar surface area (TPSA) is 83.4 Å². The highest BCUT2D eigenvalue weighted by atomic mass is 19.4. The molecule has 4 rings (SSSR count). The largest absolute Gasteiger partial charge is 0.481 e. The Morgan fingerprint density at radius 2 is 1.80 bits per heavy atom. The van der Waals surface area contributed by atoms with E-state index in [4.69, 9.17) is 5.11 Å². The van der Waals surface area contributed by atoms with E-state index in [1.807, 2.05) is 19.1 Å². The molecule has 1 fully saturated rings. The summed E-state index contributed by atoms with van der Waals surface area (Å²) >= 11 is 0. The summed E-state index contributed by atoms with van der Waals surface area (Å²) in [4.78, 5) is 34.1. The first-order valence-electron chi connectivity index (χ1n) is 11.2. The fourth-order valence-corrected chi connectivity index (χ4v) is 3.91. The number of benzene rings is 1. The molecule has 3 aromatic rings. The number of carboxylic acids is 1. The van der Waals surface area contributed by atoms with Gasteiger partial charge in [0.2, 0.25) is 5.91 Å². The lowest BCUT2D eigenvalue weighted by atomic mass is 9.96. The van der Waals surface area contributed by atoms with Crippen LogP contribution in [0.25, 0.3) is 11.1 Å². The second kappa shape index (κ2) is 9.85. The number of hydrogen-bond acceptors (Lipinski definition) is 4. The third-order valence-electron chi connectivity index (χ3n) is 5.84. The van der Waals surface area contributed by atoms with Crippen molar-refractivity contribution >= 4 is 11.9 Å². The predicted molar refractivity (Wildman–Crippen MR) is 122 cm³/mol. The van der Waals surface area contributed by atoms with Crippen LogP contribution >= 0.6 is 0 Å². The van der Waals surface area contributed by atoms with Crippen LogP contribution in [0.2, 0.25) is 0 Å². The minimum Gasteiger partial charge on any atom is -0.481 e. The van der Waals surface area contributed by atoms with Gasteiger partial charge in [-0.2, -0.15) is 13.2 Å². The van der Waals surface area contributed by atoms with Gasteiger partial charge in [0.25, 0.3) is 0 Å². The van der Waals surface area contributed by atoms with E-state index in [0.717, 1.165) is 36.2 Å². The van der Waals surface area contributed by atoms with Crippen molar-refractivity contribution in [3.8, 4) is 11.1 Å². The van der Waals surface area contributed by atoms with Gasteiger partial charge >= 0.3 is 12.1 Å². The van der Waals surface area contributed by atoms with Crippen LogP contribution in [0.15, 0.2) is 55.0 Å². The average Bonchev–Trinajstić information content (AvgIpc) is 3.64. The Bertz CT molecular complexity index is 1240. The number of hydrogen-bond donors (Lipinski definition) is 1. The van der Waals surface area contributed by atoms with Gasteiger partial charge in [0.15, 0.2) is 0 Å². The zero-order valence-electron chi connectivity index (χ0n) is 19.0. The Morgan fingerprint density at radius 3 is 2.43 bits per heavy atom. The first kappa shape index (κ1) is 24.4. The van der Waals surface area contributed by atoms with Crippen LogP contribution in [0, 0.1) is 12.8 Å². The Morgan fingerprint density at radius 1 is 1.03 bits per heavy atom. The lowest BCUT2D eigenvalue weighted by Crippen LogP contribution is -2.31. The fourth-order valence-electron chi connectivity index (χ4n) is 3.91. The number of aryl methyl sites for hydroxylation is 1. The van der Waals surface area contributed by atoms with Gasteiger partial charge in [0.1, 0.15) is 0 Å². The van der Waals surface area contributed by atoms with Crippen LogP contribution in [0.5, 0.6) is 0 Å². The van der Waals surface area contributed by atoms with Crippen LogP contribution in [0.1, 0.15) is 40.8 Å². The molecule has 2 heterocycles. The van der Waals surface area contributed by atoms with Gasteiger partial charge in [0.05, 0.1) is 12.0 Å². The predicted octanol–water partition coefficient (Wildman–Crippen LogP) is 5.04. The normalized spacial score (nSPS) is 13.5. The molecule has 0 saturated heterocycles. The van der Waals surface area contributed by atoms with Crippen LogP contribution in [0.4, 0.5) is 13.2 Å². The summed E-state index contributed by atoms with van der Waals surface area (Å²) < 4.78 is 40.7. The zero-order chi connectivity index (χ0) is 25.2. The Labute approximate surface area is 200 Å². The van der Waals surface area contributed by atoms with E-state index < -0.39 is 17.7 Å². The summed E-state index contributed by atoms with van der Waals surface area (Å²) in [5.41, 5.74) is 2.48. The van der Waals surface area contributed by atoms with Gasteiger partial charge in [-0.3, -0.25) is 19.6 Å². The van der Waals surface area contributed by atoms with Gasteiger partial charge in [0, 0.05) is 48.9 Å². The van der Waals surface area contributed by atoms with Crippen molar-refractivity contribution in [1.82, 2.24) is 14.9 Å². The van der Waals surface area contributed by atoms with Crippen LogP contribution in [-0.4, -0.2) is 31.9 Å². The van der Waals surface area contributed by atoms with Crippen molar-refractivity contribution in [2.24, 2.45) is 5.92 Å². The lowest BCUT2D eigenvalue weighted by Gasteiger charge is -2.25. The number of alkyl halides is 3. The molecule has 1 aromatic carbocycles. The molecule has 182 valence electrons. The first-order valence-corrected chi connectivity index (χ1v) is 11.2. The number of carbonyl (C=O) groups excluding carboxylic acids is 1. The third kappa shape index (κ3) is 6.23. The number of aromatic nitrogens is 2. The second-order valence-electron chi connectivity index (χ2n) is 8.80. The van der Waals surface area contributed by atoms with Crippen molar-refractivity contribution in [2.75, 3.05) is 0 Å². The zero-order valence-corrected chi connectivity index (χ0v) is 19.0. The highest BCUT2D eigenvalue weighted by Crippen LogP contribution is 2.36. The molecule has 35 heavy (non-hydrogen) atoms. The molecule has 0 unspecified atom stereocenters. The molecule has 2 aromatic heterocycles. The maximum absolute atomic E-state index is 13.6. The minimum absolute atomic E-state index is 0.0361. The molecule has 0 atom stereocenters. The summed E-state index contributed by atoms with van der Waals surface area (Å²) in [5.74, 6) is -1.26. The van der Waals surface area contributed by atoms with E-state index in [0.29, 0.717) is 22.3 Å². The highest BCUT2D eigenvalue weighted by molar-refractivity contribution is 5.81. The summed E-state index contributed by atoms with van der Waals surface area (Å²) in [7, 11) is 0. The number of halogens is 3. The summed E-state index contributed by atoms with van der Waals surface area (Å²) in [6.45, 7) is 2.03. The quantitative estimate of drug-likeness (QED) is 0.486. The molecule has 0 spiro atoms. The standard InChI is InChI=1S/C26H24F3N3O3/c1-16-2-3-17(12-31-16)14-32(25(35)19-4-5-19)15-21-10-22(26(27,28)29)6-7-23(21)20-8-18(9-24(33)34)11-30-13-20/h2-3,6-8,10-13,19H,4-5,9,14-15H2,1H3,(H,33,34). The van der Waals surface area contributed by atoms with Crippen molar-refractivity contribution in [3.05, 3.63) is 82.9 Å². The molecule has 0 radical (unpaired) electrons. The maximum Gasteiger partial charge on any atom is 0.416 e. The molecule has 0 bridgehead atoms. The van der Waals surface area contributed by atoms with Gasteiger partial charge in [-0.1, -0.05) is 12.1 Å². The number of carboxylic acid groups (broad SMARTS) is 1. The average molecular weight is 483 g/mol. The fraction of sp³-hybridized carbons (Fsp3) is 0.308. The smallest absolute Gasteiger partial charge is 0.416 e. The van der Waals surface area contributed by atoms with Gasteiger partial charge in [-0.15, -0.1) is 0 Å². The Kier molecular flexibility index (Phi) is 6.86. The van der Waals surface area contributed by atoms with Gasteiger partial charge in [-0.25, -0.2) is 0 Å². The summed E-state index contributed by atoms with van der Waals surface area (Å²) in [5, 5.41) is 9.10. The van der Waals surface area contributed by atoms with Crippen LogP contribution in [0.3, 0.4) is 0 Å². The summed E-state index contributed by atoms with van der Waals surface area (Å²) in [6.07, 6.45) is 1.26. The van der Waals surface area contributed by atoms with Crippen molar-refractivity contribution in [2.45, 2.75) is 45.5 Å². The SMILES string of the molecule is Cc1ccc(CN(Cc2cc(C(F)(F)F)ccc2-c2cncc(CC(=O)O)c2)C(=O)C2CC2)cn1. The molecular formula is C26H24F3N3O3. The minimum atomic E-state index is -4.55. The third-order valence-corrected chi connectivity index (χ3v) is 5.84. The van der Waals surface area contributed by atoms with E-state index in [9.17, 15) is 22.8 Å². The number of nitrogens with zero attached hydrogens (tertiary/aromatic N) is 3. The van der Waals surface area contributed by atoms with E-state index in [1.54, 1.807) is 17.2 Å². The molecule has 1 aliphatic rings. The Balaban J connectivity index is 1.74. The summed E-state index contributed by atoms with van der Waals surface area (Å²) in [6, 6.07) is 8.67. The number of aliphatic carboxylic acids is 1. The molecule has 0 aliphatic heterocycles. The number of amides is 1. The number of carbonyl (C=O) groups is 2. The van der Waals surface area contributed by atoms with Gasteiger partial charge in [-0.05, 0) is 66.3 Å². The lowest BCUT2D eigenvalue weighted by molar-refractivity contribution is -0.138. The van der Waals surface area contributed by atoms with E-state index in [2.05, 4.69) is 9.97 Å². The van der Waals surface area contributed by atoms with Crippen LogP contribution < -0.4 is 0 Å². The second-order valence-corrected chi connectivity index (χ2v) is 8.80. The molecular weight excluding hydrogens is 459 g/mol.